The van der Waals surface area contributed by atoms with E-state index < -0.39 is 0 Å². The van der Waals surface area contributed by atoms with Gasteiger partial charge in [0.25, 0.3) is 0 Å². The molecular formula is C19H24N2O. The van der Waals surface area contributed by atoms with Crippen LogP contribution >= 0.6 is 0 Å². The standard InChI is InChI=1S/C19H24N2O/c1-19(2)14-21(13-7-10-15-8-4-3-5-9-15)18-16(20)11-6-12-17(18)22-19/h3-6,8-9,11-12H,7,10,13-14,20H2,1-2H3. The molecule has 1 aliphatic rings. The van der Waals surface area contributed by atoms with E-state index in [1.54, 1.807) is 0 Å². The van der Waals surface area contributed by atoms with E-state index in [1.807, 2.05) is 18.2 Å². The highest BCUT2D eigenvalue weighted by atomic mass is 16.5. The number of fused-ring (bicyclic) bond motifs is 1. The van der Waals surface area contributed by atoms with Crippen LogP contribution in [-0.4, -0.2) is 18.7 Å². The van der Waals surface area contributed by atoms with Crippen LogP contribution in [0.3, 0.4) is 0 Å². The van der Waals surface area contributed by atoms with E-state index in [0.717, 1.165) is 43.1 Å². The molecule has 2 aromatic rings. The van der Waals surface area contributed by atoms with Gasteiger partial charge in [-0.2, -0.15) is 0 Å². The van der Waals surface area contributed by atoms with E-state index in [2.05, 4.69) is 49.1 Å². The van der Waals surface area contributed by atoms with Gasteiger partial charge < -0.3 is 15.4 Å². The molecule has 1 aliphatic heterocycles. The number of rotatable bonds is 4. The van der Waals surface area contributed by atoms with Gasteiger partial charge >= 0.3 is 0 Å². The number of hydrogen-bond acceptors (Lipinski definition) is 3. The van der Waals surface area contributed by atoms with Crippen LogP contribution < -0.4 is 15.4 Å². The van der Waals surface area contributed by atoms with Crippen molar-refractivity contribution in [3.63, 3.8) is 0 Å². The Balaban J connectivity index is 1.73. The molecule has 0 aliphatic carbocycles. The number of nitrogens with two attached hydrogens (primary N) is 1. The summed E-state index contributed by atoms with van der Waals surface area (Å²) in [7, 11) is 0. The van der Waals surface area contributed by atoms with Crippen molar-refractivity contribution in [2.45, 2.75) is 32.3 Å². The summed E-state index contributed by atoms with van der Waals surface area (Å²) in [5.41, 5.74) is 9.23. The van der Waals surface area contributed by atoms with E-state index >= 15 is 0 Å². The normalized spacial score (nSPS) is 16.0. The number of anilines is 2. The van der Waals surface area contributed by atoms with Gasteiger partial charge in [-0.15, -0.1) is 0 Å². The van der Waals surface area contributed by atoms with Crippen LogP contribution in [0.4, 0.5) is 11.4 Å². The molecule has 116 valence electrons. The molecule has 0 saturated heterocycles. The highest BCUT2D eigenvalue weighted by Gasteiger charge is 2.32. The summed E-state index contributed by atoms with van der Waals surface area (Å²) in [5.74, 6) is 0.899. The third kappa shape index (κ3) is 3.19. The van der Waals surface area contributed by atoms with E-state index in [1.165, 1.54) is 5.56 Å². The lowest BCUT2D eigenvalue weighted by molar-refractivity contribution is 0.105. The molecule has 0 atom stereocenters. The first-order valence-corrected chi connectivity index (χ1v) is 7.91. The molecule has 3 rings (SSSR count). The second kappa shape index (κ2) is 5.91. The van der Waals surface area contributed by atoms with Crippen molar-refractivity contribution in [2.75, 3.05) is 23.7 Å². The Morgan fingerprint density at radius 2 is 1.86 bits per heavy atom. The molecule has 0 fully saturated rings. The van der Waals surface area contributed by atoms with Crippen molar-refractivity contribution < 1.29 is 4.74 Å². The Morgan fingerprint density at radius 3 is 2.64 bits per heavy atom. The molecule has 3 heteroatoms. The van der Waals surface area contributed by atoms with E-state index in [-0.39, 0.29) is 5.60 Å². The highest BCUT2D eigenvalue weighted by Crippen LogP contribution is 2.40. The number of nitrogens with zero attached hydrogens (tertiary/aromatic N) is 1. The van der Waals surface area contributed by atoms with E-state index in [0.29, 0.717) is 0 Å². The SMILES string of the molecule is CC1(C)CN(CCCc2ccccc2)c2c(N)cccc2O1. The van der Waals surface area contributed by atoms with Crippen LogP contribution in [0.2, 0.25) is 0 Å². The molecule has 22 heavy (non-hydrogen) atoms. The second-order valence-corrected chi connectivity index (χ2v) is 6.57. The van der Waals surface area contributed by atoms with Crippen LogP contribution in [0.25, 0.3) is 0 Å². The molecule has 0 spiro atoms. The lowest BCUT2D eigenvalue weighted by Crippen LogP contribution is -2.47. The Hall–Kier alpha value is -2.16. The van der Waals surface area contributed by atoms with Crippen molar-refractivity contribution in [1.29, 1.82) is 0 Å². The van der Waals surface area contributed by atoms with E-state index in [4.69, 9.17) is 10.5 Å². The molecule has 0 bridgehead atoms. The smallest absolute Gasteiger partial charge is 0.145 e. The third-order valence-electron chi connectivity index (χ3n) is 4.04. The summed E-state index contributed by atoms with van der Waals surface area (Å²) in [6, 6.07) is 16.5. The van der Waals surface area contributed by atoms with Crippen molar-refractivity contribution >= 4 is 11.4 Å². The van der Waals surface area contributed by atoms with Gasteiger partial charge in [-0.3, -0.25) is 0 Å². The third-order valence-corrected chi connectivity index (χ3v) is 4.04. The summed E-state index contributed by atoms with van der Waals surface area (Å²) in [4.78, 5) is 2.37. The maximum atomic E-state index is 6.18. The molecule has 2 N–H and O–H groups in total. The molecule has 2 aromatic carbocycles. The maximum Gasteiger partial charge on any atom is 0.145 e. The molecule has 0 saturated carbocycles. The second-order valence-electron chi connectivity index (χ2n) is 6.57. The van der Waals surface area contributed by atoms with Crippen molar-refractivity contribution in [2.24, 2.45) is 0 Å². The molecule has 0 aromatic heterocycles. The number of ether oxygens (including phenoxy) is 1. The number of aryl methyl sites for hydroxylation is 1. The maximum absolute atomic E-state index is 6.18. The lowest BCUT2D eigenvalue weighted by Gasteiger charge is -2.41. The predicted molar refractivity (Wildman–Crippen MR) is 92.5 cm³/mol. The Labute approximate surface area is 132 Å². The molecular weight excluding hydrogens is 272 g/mol. The zero-order valence-electron chi connectivity index (χ0n) is 13.4. The van der Waals surface area contributed by atoms with Crippen LogP contribution in [0.15, 0.2) is 48.5 Å². The largest absolute Gasteiger partial charge is 0.484 e. The topological polar surface area (TPSA) is 38.5 Å². The minimum atomic E-state index is -0.187. The monoisotopic (exact) mass is 296 g/mol. The first-order chi connectivity index (χ1) is 10.6. The Bertz CT molecular complexity index is 637. The Kier molecular flexibility index (Phi) is 3.97. The van der Waals surface area contributed by atoms with Gasteiger partial charge in [0.2, 0.25) is 0 Å². The average Bonchev–Trinajstić information content (AvgIpc) is 2.47. The summed E-state index contributed by atoms with van der Waals surface area (Å²) < 4.78 is 6.07. The summed E-state index contributed by atoms with van der Waals surface area (Å²) >= 11 is 0. The zero-order chi connectivity index (χ0) is 15.6. The van der Waals surface area contributed by atoms with Crippen LogP contribution in [0.1, 0.15) is 25.8 Å². The lowest BCUT2D eigenvalue weighted by atomic mass is 10.0. The van der Waals surface area contributed by atoms with Gasteiger partial charge in [0.1, 0.15) is 17.0 Å². The zero-order valence-corrected chi connectivity index (χ0v) is 13.4. The first kappa shape index (κ1) is 14.8. The van der Waals surface area contributed by atoms with Gasteiger partial charge in [0.15, 0.2) is 0 Å². The van der Waals surface area contributed by atoms with Crippen molar-refractivity contribution in [3.8, 4) is 5.75 Å². The minimum Gasteiger partial charge on any atom is -0.484 e. The quantitative estimate of drug-likeness (QED) is 0.870. The number of nitrogen functional groups attached to an aromatic ring is 1. The first-order valence-electron chi connectivity index (χ1n) is 7.91. The molecule has 0 radical (unpaired) electrons. The number of para-hydroxylation sites is 1. The number of benzene rings is 2. The van der Waals surface area contributed by atoms with Crippen molar-refractivity contribution in [1.82, 2.24) is 0 Å². The fourth-order valence-corrected chi connectivity index (χ4v) is 3.14. The average molecular weight is 296 g/mol. The van der Waals surface area contributed by atoms with Gasteiger partial charge in [0.05, 0.1) is 12.2 Å². The predicted octanol–water partition coefficient (Wildman–Crippen LogP) is 3.88. The van der Waals surface area contributed by atoms with Crippen LogP contribution in [-0.2, 0) is 6.42 Å². The summed E-state index contributed by atoms with van der Waals surface area (Å²) in [5, 5.41) is 0. The van der Waals surface area contributed by atoms with Gasteiger partial charge in [0, 0.05) is 6.54 Å². The highest BCUT2D eigenvalue weighted by molar-refractivity contribution is 5.76. The van der Waals surface area contributed by atoms with Gasteiger partial charge in [-0.1, -0.05) is 36.4 Å². The fourth-order valence-electron chi connectivity index (χ4n) is 3.14. The molecule has 0 unspecified atom stereocenters. The van der Waals surface area contributed by atoms with Gasteiger partial charge in [-0.05, 0) is 44.4 Å². The molecule has 3 nitrogen and oxygen atoms in total. The minimum absolute atomic E-state index is 0.187. The summed E-state index contributed by atoms with van der Waals surface area (Å²) in [6.45, 7) is 6.11. The molecule has 1 heterocycles. The van der Waals surface area contributed by atoms with E-state index in [9.17, 15) is 0 Å². The Morgan fingerprint density at radius 1 is 1.09 bits per heavy atom. The van der Waals surface area contributed by atoms with Crippen LogP contribution in [0, 0.1) is 0 Å². The number of hydrogen-bond donors (Lipinski definition) is 1. The van der Waals surface area contributed by atoms with Gasteiger partial charge in [-0.25, -0.2) is 0 Å². The van der Waals surface area contributed by atoms with Crippen molar-refractivity contribution in [3.05, 3.63) is 54.1 Å². The fraction of sp³-hybridized carbons (Fsp3) is 0.368. The van der Waals surface area contributed by atoms with Crippen LogP contribution in [0.5, 0.6) is 5.75 Å². The molecule has 0 amide bonds. The summed E-state index contributed by atoms with van der Waals surface area (Å²) in [6.07, 6.45) is 2.19.